The van der Waals surface area contributed by atoms with E-state index in [4.69, 9.17) is 0 Å². The number of hydrogen-bond donors (Lipinski definition) is 2. The Kier molecular flexibility index (Phi) is 2.44. The van der Waals surface area contributed by atoms with Gasteiger partial charge in [0, 0.05) is 18.3 Å². The Bertz CT molecular complexity index is 143. The highest BCUT2D eigenvalue weighted by Gasteiger charge is 2.28. The third-order valence-corrected chi connectivity index (χ3v) is 2.54. The molecular weight excluding hydrogens is 148 g/mol. The Morgan fingerprint density at radius 3 is 2.80 bits per heavy atom. The Balaban J connectivity index is 2.43. The molecule has 1 saturated heterocycles. The first kappa shape index (κ1) is 8.17. The first-order valence-corrected chi connectivity index (χ1v) is 5.00. The molecule has 4 heteroatoms. The van der Waals surface area contributed by atoms with Gasteiger partial charge in [0.1, 0.15) is 0 Å². The van der Waals surface area contributed by atoms with Gasteiger partial charge in [0.25, 0.3) is 0 Å². The second-order valence-electron chi connectivity index (χ2n) is 3.04. The van der Waals surface area contributed by atoms with Gasteiger partial charge in [-0.05, 0) is 19.9 Å². The Labute approximate surface area is 64.2 Å². The van der Waals surface area contributed by atoms with Crippen LogP contribution in [-0.4, -0.2) is 29.1 Å². The molecule has 2 N–H and O–H groups in total. The summed E-state index contributed by atoms with van der Waals surface area (Å²) >= 11 is 0. The minimum Gasteiger partial charge on any atom is -0.315 e. The van der Waals surface area contributed by atoms with Gasteiger partial charge in [0.15, 0.2) is 0 Å². The Hall–Kier alpha value is 0.0700. The van der Waals surface area contributed by atoms with Crippen molar-refractivity contribution in [2.45, 2.75) is 18.9 Å². The smallest absolute Gasteiger partial charge is 0.0889 e. The second kappa shape index (κ2) is 2.98. The van der Waals surface area contributed by atoms with Gasteiger partial charge in [0.05, 0.1) is 11.0 Å². The van der Waals surface area contributed by atoms with Gasteiger partial charge in [-0.2, -0.15) is 0 Å². The van der Waals surface area contributed by atoms with E-state index in [9.17, 15) is 4.21 Å². The van der Waals surface area contributed by atoms with Crippen LogP contribution in [0, 0.1) is 0 Å². The molecule has 0 saturated carbocycles. The van der Waals surface area contributed by atoms with Crippen LogP contribution < -0.4 is 10.0 Å². The highest BCUT2D eigenvalue weighted by atomic mass is 32.2. The largest absolute Gasteiger partial charge is 0.315 e. The Morgan fingerprint density at radius 1 is 1.70 bits per heavy atom. The predicted octanol–water partition coefficient (Wildman–Crippen LogP) is -0.379. The molecule has 1 aliphatic rings. The third-order valence-electron chi connectivity index (χ3n) is 1.76. The molecule has 1 fully saturated rings. The monoisotopic (exact) mass is 162 g/mol. The van der Waals surface area contributed by atoms with Gasteiger partial charge >= 0.3 is 0 Å². The number of hydrogen-bond acceptors (Lipinski definition) is 2. The predicted molar refractivity (Wildman–Crippen MR) is 43.1 cm³/mol. The molecule has 1 rings (SSSR count). The van der Waals surface area contributed by atoms with Crippen LogP contribution in [0.5, 0.6) is 0 Å². The second-order valence-corrected chi connectivity index (χ2v) is 4.16. The van der Waals surface area contributed by atoms with Gasteiger partial charge in [0.2, 0.25) is 0 Å². The van der Waals surface area contributed by atoms with Crippen LogP contribution in [0.25, 0.3) is 0 Å². The van der Waals surface area contributed by atoms with E-state index in [1.54, 1.807) is 6.26 Å². The van der Waals surface area contributed by atoms with Crippen molar-refractivity contribution in [2.75, 3.05) is 19.3 Å². The maximum atomic E-state index is 10.8. The zero-order valence-corrected chi connectivity index (χ0v) is 7.25. The Morgan fingerprint density at radius 2 is 2.40 bits per heavy atom. The highest BCUT2D eigenvalue weighted by molar-refractivity contribution is 7.82. The topological polar surface area (TPSA) is 41.1 Å². The van der Waals surface area contributed by atoms with Crippen LogP contribution in [0.4, 0.5) is 0 Å². The van der Waals surface area contributed by atoms with Crippen molar-refractivity contribution in [1.29, 1.82) is 0 Å². The molecule has 2 atom stereocenters. The normalized spacial score (nSPS) is 36.2. The van der Waals surface area contributed by atoms with E-state index in [0.29, 0.717) is 0 Å². The van der Waals surface area contributed by atoms with Crippen LogP contribution >= 0.6 is 0 Å². The van der Waals surface area contributed by atoms with E-state index < -0.39 is 11.0 Å². The molecule has 3 nitrogen and oxygen atoms in total. The zero-order valence-electron chi connectivity index (χ0n) is 6.44. The van der Waals surface area contributed by atoms with Crippen LogP contribution in [0.1, 0.15) is 13.3 Å². The third kappa shape index (κ3) is 2.04. The molecule has 0 radical (unpaired) electrons. The first-order valence-electron chi connectivity index (χ1n) is 3.44. The summed E-state index contributed by atoms with van der Waals surface area (Å²) in [7, 11) is -0.885. The highest BCUT2D eigenvalue weighted by Crippen LogP contribution is 2.12. The summed E-state index contributed by atoms with van der Waals surface area (Å²) < 4.78 is 13.8. The molecule has 0 aromatic carbocycles. The van der Waals surface area contributed by atoms with Crippen LogP contribution in [-0.2, 0) is 11.0 Å². The lowest BCUT2D eigenvalue weighted by atomic mass is 10.0. The minimum atomic E-state index is -0.885. The molecular formula is C6H14N2OS. The van der Waals surface area contributed by atoms with Crippen LogP contribution in [0.3, 0.4) is 0 Å². The lowest BCUT2D eigenvalue weighted by Crippen LogP contribution is -2.44. The van der Waals surface area contributed by atoms with Gasteiger partial charge < -0.3 is 5.32 Å². The van der Waals surface area contributed by atoms with Gasteiger partial charge in [-0.15, -0.1) is 0 Å². The molecule has 2 unspecified atom stereocenters. The fourth-order valence-electron chi connectivity index (χ4n) is 1.25. The molecule has 0 aromatic heterocycles. The summed E-state index contributed by atoms with van der Waals surface area (Å²) in [5.41, 5.74) is 0.0552. The molecule has 0 amide bonds. The van der Waals surface area contributed by atoms with E-state index in [1.807, 2.05) is 0 Å². The van der Waals surface area contributed by atoms with Gasteiger partial charge in [-0.3, -0.25) is 0 Å². The zero-order chi connectivity index (χ0) is 7.61. The van der Waals surface area contributed by atoms with Crippen LogP contribution in [0.2, 0.25) is 0 Å². The summed E-state index contributed by atoms with van der Waals surface area (Å²) in [4.78, 5) is 0. The molecule has 1 heterocycles. The minimum absolute atomic E-state index is 0.0552. The van der Waals surface area contributed by atoms with Crippen molar-refractivity contribution >= 4 is 11.0 Å². The number of rotatable bonds is 2. The average Bonchev–Trinajstić information content (AvgIpc) is 2.12. The summed E-state index contributed by atoms with van der Waals surface area (Å²) in [6, 6.07) is 0. The molecule has 1 aliphatic heterocycles. The summed E-state index contributed by atoms with van der Waals surface area (Å²) in [6.07, 6.45) is 2.73. The van der Waals surface area contributed by atoms with E-state index in [-0.39, 0.29) is 5.54 Å². The van der Waals surface area contributed by atoms with E-state index in [2.05, 4.69) is 17.0 Å². The fourth-order valence-corrected chi connectivity index (χ4v) is 2.12. The average molecular weight is 162 g/mol. The van der Waals surface area contributed by atoms with E-state index in [1.165, 1.54) is 0 Å². The SMILES string of the molecule is CS(=O)NC1(C)CCNC1. The molecule has 0 spiro atoms. The summed E-state index contributed by atoms with van der Waals surface area (Å²) in [5.74, 6) is 0. The van der Waals surface area contributed by atoms with E-state index >= 15 is 0 Å². The molecule has 0 bridgehead atoms. The van der Waals surface area contributed by atoms with Crippen molar-refractivity contribution < 1.29 is 4.21 Å². The van der Waals surface area contributed by atoms with Crippen molar-refractivity contribution in [3.63, 3.8) is 0 Å². The van der Waals surface area contributed by atoms with Crippen molar-refractivity contribution in [3.05, 3.63) is 0 Å². The summed E-state index contributed by atoms with van der Waals surface area (Å²) in [6.45, 7) is 4.04. The van der Waals surface area contributed by atoms with E-state index in [0.717, 1.165) is 19.5 Å². The molecule has 10 heavy (non-hydrogen) atoms. The standard InChI is InChI=1S/C6H14N2OS/c1-6(8-10(2)9)3-4-7-5-6/h7-8H,3-5H2,1-2H3. The van der Waals surface area contributed by atoms with Gasteiger partial charge in [-0.25, -0.2) is 8.93 Å². The quantitative estimate of drug-likeness (QED) is 0.581. The fraction of sp³-hybridized carbons (Fsp3) is 1.00. The van der Waals surface area contributed by atoms with Crippen LogP contribution in [0.15, 0.2) is 0 Å². The molecule has 0 aliphatic carbocycles. The lowest BCUT2D eigenvalue weighted by molar-refractivity contribution is 0.471. The maximum absolute atomic E-state index is 10.8. The maximum Gasteiger partial charge on any atom is 0.0889 e. The lowest BCUT2D eigenvalue weighted by Gasteiger charge is -2.21. The summed E-state index contributed by atoms with van der Waals surface area (Å²) in [5, 5.41) is 3.22. The molecule has 0 aromatic rings. The van der Waals surface area contributed by atoms with Crippen molar-refractivity contribution in [1.82, 2.24) is 10.0 Å². The first-order chi connectivity index (χ1) is 4.62. The van der Waals surface area contributed by atoms with Crippen molar-refractivity contribution in [3.8, 4) is 0 Å². The van der Waals surface area contributed by atoms with Gasteiger partial charge in [-0.1, -0.05) is 0 Å². The van der Waals surface area contributed by atoms with Crippen molar-refractivity contribution in [2.24, 2.45) is 0 Å². The number of nitrogens with one attached hydrogen (secondary N) is 2. The molecule has 60 valence electrons.